The summed E-state index contributed by atoms with van der Waals surface area (Å²) >= 11 is 0. The van der Waals surface area contributed by atoms with Crippen molar-refractivity contribution < 1.29 is 26.4 Å². The molecule has 0 aliphatic carbocycles. The maximum atomic E-state index is 13.4. The van der Waals surface area contributed by atoms with Crippen LogP contribution in [0, 0.1) is 0 Å². The average Bonchev–Trinajstić information content (AvgIpc) is 3.50. The number of nitrogens with zero attached hydrogens (tertiary/aromatic N) is 2. The number of carbonyl (C=O) groups excluding carboxylic acids is 1. The molecular formula is C27H25F3N2O3S. The predicted molar refractivity (Wildman–Crippen MR) is 129 cm³/mol. The number of halogens is 3. The van der Waals surface area contributed by atoms with Gasteiger partial charge in [0, 0.05) is 37.5 Å². The minimum atomic E-state index is -4.63. The lowest BCUT2D eigenvalue weighted by atomic mass is 9.88. The number of rotatable bonds is 6. The first-order valence-electron chi connectivity index (χ1n) is 11.7. The Morgan fingerprint density at radius 3 is 2.00 bits per heavy atom. The van der Waals surface area contributed by atoms with Crippen LogP contribution in [0.15, 0.2) is 89.8 Å². The second kappa shape index (κ2) is 9.37. The zero-order valence-electron chi connectivity index (χ0n) is 19.3. The summed E-state index contributed by atoms with van der Waals surface area (Å²) in [6.45, 7) is 0.314. The first-order valence-corrected chi connectivity index (χ1v) is 13.2. The zero-order valence-corrected chi connectivity index (χ0v) is 20.1. The van der Waals surface area contributed by atoms with Gasteiger partial charge >= 0.3 is 6.18 Å². The number of hydrogen-bond donors (Lipinski definition) is 0. The topological polar surface area (TPSA) is 57.7 Å². The van der Waals surface area contributed by atoms with E-state index in [9.17, 15) is 26.4 Å². The summed E-state index contributed by atoms with van der Waals surface area (Å²) in [5.74, 6) is -0.194. The highest BCUT2D eigenvalue weighted by atomic mass is 32.2. The molecule has 2 saturated heterocycles. The molecule has 188 valence electrons. The molecule has 5 nitrogen and oxygen atoms in total. The molecule has 0 spiro atoms. The Kier molecular flexibility index (Phi) is 6.38. The van der Waals surface area contributed by atoms with Gasteiger partial charge in [0.05, 0.1) is 10.5 Å². The van der Waals surface area contributed by atoms with Crippen LogP contribution >= 0.6 is 0 Å². The van der Waals surface area contributed by atoms with Crippen molar-refractivity contribution in [3.05, 3.63) is 102 Å². The Labute approximate surface area is 208 Å². The van der Waals surface area contributed by atoms with Crippen molar-refractivity contribution in [2.24, 2.45) is 0 Å². The number of benzene rings is 3. The molecule has 2 aliphatic heterocycles. The van der Waals surface area contributed by atoms with Crippen molar-refractivity contribution in [2.75, 3.05) is 13.1 Å². The molecule has 1 amide bonds. The van der Waals surface area contributed by atoms with Crippen molar-refractivity contribution in [3.8, 4) is 0 Å². The summed E-state index contributed by atoms with van der Waals surface area (Å²) < 4.78 is 67.0. The number of hydrogen-bond acceptors (Lipinski definition) is 3. The van der Waals surface area contributed by atoms with E-state index in [1.165, 1.54) is 10.4 Å². The van der Waals surface area contributed by atoms with Crippen LogP contribution in [-0.4, -0.2) is 48.7 Å². The van der Waals surface area contributed by atoms with Gasteiger partial charge in [-0.25, -0.2) is 8.42 Å². The van der Waals surface area contributed by atoms with E-state index in [4.69, 9.17) is 0 Å². The maximum Gasteiger partial charge on any atom is 0.416 e. The Hall–Kier alpha value is -3.17. The van der Waals surface area contributed by atoms with E-state index in [1.807, 2.05) is 60.7 Å². The van der Waals surface area contributed by atoms with Crippen molar-refractivity contribution in [1.82, 2.24) is 9.21 Å². The zero-order chi connectivity index (χ0) is 25.5. The molecule has 9 heteroatoms. The molecule has 0 aromatic heterocycles. The fourth-order valence-electron chi connectivity index (χ4n) is 5.29. The van der Waals surface area contributed by atoms with E-state index in [-0.39, 0.29) is 42.3 Å². The van der Waals surface area contributed by atoms with Gasteiger partial charge in [-0.1, -0.05) is 66.7 Å². The van der Waals surface area contributed by atoms with E-state index >= 15 is 0 Å². The lowest BCUT2D eigenvalue weighted by Crippen LogP contribution is -2.50. The molecular weight excluding hydrogens is 489 g/mol. The van der Waals surface area contributed by atoms with Crippen LogP contribution in [0.25, 0.3) is 0 Å². The van der Waals surface area contributed by atoms with Crippen LogP contribution in [0.5, 0.6) is 0 Å². The number of amides is 1. The van der Waals surface area contributed by atoms with Crippen LogP contribution in [0.2, 0.25) is 0 Å². The molecule has 2 atom stereocenters. The fraction of sp³-hybridized carbons (Fsp3) is 0.296. The number of piperazine rings is 1. The molecule has 0 saturated carbocycles. The lowest BCUT2D eigenvalue weighted by Gasteiger charge is -2.34. The molecule has 36 heavy (non-hydrogen) atoms. The Balaban J connectivity index is 1.32. The van der Waals surface area contributed by atoms with Crippen LogP contribution < -0.4 is 0 Å². The number of carbonyl (C=O) groups is 1. The van der Waals surface area contributed by atoms with E-state index in [0.29, 0.717) is 12.5 Å². The van der Waals surface area contributed by atoms with Crippen molar-refractivity contribution in [3.63, 3.8) is 0 Å². The molecule has 2 heterocycles. The standard InChI is InChI=1S/C27H25F3N2O3S/c28-27(29,30)21-12-7-13-24(14-21)36(34,35)32-18-22-15-23(32)17-31(22)26(33)16-25(19-8-3-1-4-9-19)20-10-5-2-6-11-20/h1-14,22-23,25H,15-18H2/t22-,23+/m0/s1. The molecule has 2 bridgehead atoms. The van der Waals surface area contributed by atoms with Gasteiger partial charge in [0.15, 0.2) is 0 Å². The third-order valence-corrected chi connectivity index (χ3v) is 8.98. The fourth-order valence-corrected chi connectivity index (χ4v) is 7.00. The van der Waals surface area contributed by atoms with Crippen LogP contribution in [0.1, 0.15) is 35.4 Å². The largest absolute Gasteiger partial charge is 0.416 e. The van der Waals surface area contributed by atoms with Crippen molar-refractivity contribution in [2.45, 2.75) is 41.9 Å². The molecule has 5 rings (SSSR count). The smallest absolute Gasteiger partial charge is 0.337 e. The second-order valence-electron chi connectivity index (χ2n) is 9.27. The highest BCUT2D eigenvalue weighted by Crippen LogP contribution is 2.38. The molecule has 0 radical (unpaired) electrons. The summed E-state index contributed by atoms with van der Waals surface area (Å²) in [6, 6.07) is 22.6. The van der Waals surface area contributed by atoms with Crippen molar-refractivity contribution >= 4 is 15.9 Å². The Morgan fingerprint density at radius 2 is 1.47 bits per heavy atom. The molecule has 2 aliphatic rings. The highest BCUT2D eigenvalue weighted by molar-refractivity contribution is 7.89. The van der Waals surface area contributed by atoms with Gasteiger partial charge in [0.1, 0.15) is 0 Å². The van der Waals surface area contributed by atoms with Gasteiger partial charge in [-0.2, -0.15) is 17.5 Å². The monoisotopic (exact) mass is 514 g/mol. The number of alkyl halides is 3. The van der Waals surface area contributed by atoms with E-state index in [0.717, 1.165) is 23.3 Å². The Bertz CT molecular complexity index is 1310. The first kappa shape index (κ1) is 24.5. The third-order valence-electron chi connectivity index (χ3n) is 7.06. The molecule has 0 N–H and O–H groups in total. The number of sulfonamides is 1. The van der Waals surface area contributed by atoms with Gasteiger partial charge in [0.25, 0.3) is 0 Å². The van der Waals surface area contributed by atoms with Crippen LogP contribution in [0.3, 0.4) is 0 Å². The summed E-state index contributed by atoms with van der Waals surface area (Å²) in [5.41, 5.74) is 1.04. The van der Waals surface area contributed by atoms with Crippen molar-refractivity contribution in [1.29, 1.82) is 0 Å². The minimum Gasteiger partial charge on any atom is -0.337 e. The second-order valence-corrected chi connectivity index (χ2v) is 11.2. The average molecular weight is 515 g/mol. The van der Waals surface area contributed by atoms with Gasteiger partial charge in [-0.3, -0.25) is 4.79 Å². The summed E-state index contributed by atoms with van der Waals surface area (Å²) in [5, 5.41) is 0. The summed E-state index contributed by atoms with van der Waals surface area (Å²) in [4.78, 5) is 14.8. The highest BCUT2D eigenvalue weighted by Gasteiger charge is 2.50. The summed E-state index contributed by atoms with van der Waals surface area (Å²) in [7, 11) is -4.12. The summed E-state index contributed by atoms with van der Waals surface area (Å²) in [6.07, 6.45) is -3.91. The molecule has 2 fully saturated rings. The number of likely N-dealkylation sites (tertiary alicyclic amines) is 1. The lowest BCUT2D eigenvalue weighted by molar-refractivity contribution is -0.137. The van der Waals surface area contributed by atoms with E-state index < -0.39 is 27.8 Å². The molecule has 3 aromatic carbocycles. The van der Waals surface area contributed by atoms with Crippen LogP contribution in [-0.2, 0) is 21.0 Å². The quantitative estimate of drug-likeness (QED) is 0.470. The Morgan fingerprint density at radius 1 is 0.861 bits per heavy atom. The van der Waals surface area contributed by atoms with Crippen LogP contribution in [0.4, 0.5) is 13.2 Å². The molecule has 0 unspecified atom stereocenters. The van der Waals surface area contributed by atoms with Gasteiger partial charge < -0.3 is 4.90 Å². The minimum absolute atomic E-state index is 0.0590. The predicted octanol–water partition coefficient (Wildman–Crippen LogP) is 4.90. The van der Waals surface area contributed by atoms with Gasteiger partial charge in [-0.15, -0.1) is 0 Å². The van der Waals surface area contributed by atoms with E-state index in [1.54, 1.807) is 4.90 Å². The SMILES string of the molecule is O=C(CC(c1ccccc1)c1ccccc1)N1C[C@H]2C[C@H]1CN2S(=O)(=O)c1cccc(C(F)(F)F)c1. The maximum absolute atomic E-state index is 13.4. The van der Waals surface area contributed by atoms with Gasteiger partial charge in [-0.05, 0) is 35.7 Å². The molecule has 3 aromatic rings. The van der Waals surface area contributed by atoms with Gasteiger partial charge in [0.2, 0.25) is 15.9 Å². The number of fused-ring (bicyclic) bond motifs is 2. The third kappa shape index (κ3) is 4.65. The normalized spacial score (nSPS) is 20.3. The first-order chi connectivity index (χ1) is 17.1. The van der Waals surface area contributed by atoms with E-state index in [2.05, 4.69) is 0 Å².